The average Bonchev–Trinajstić information content (AvgIpc) is 3.20. The number of furan rings is 1. The van der Waals surface area contributed by atoms with Crippen LogP contribution in [0.25, 0.3) is 10.6 Å². The summed E-state index contributed by atoms with van der Waals surface area (Å²) in [5.74, 6) is 2.41. The molecule has 0 aliphatic heterocycles. The van der Waals surface area contributed by atoms with Crippen molar-refractivity contribution in [3.8, 4) is 10.6 Å². The van der Waals surface area contributed by atoms with Crippen LogP contribution in [0.4, 0.5) is 0 Å². The molecule has 22 heavy (non-hydrogen) atoms. The van der Waals surface area contributed by atoms with Gasteiger partial charge in [-0.3, -0.25) is 4.79 Å². The minimum atomic E-state index is -0.0785. The Morgan fingerprint density at radius 3 is 2.86 bits per heavy atom. The molecule has 0 atom stereocenters. The molecule has 3 aromatic heterocycles. The van der Waals surface area contributed by atoms with Crippen molar-refractivity contribution in [3.05, 3.63) is 47.1 Å². The van der Waals surface area contributed by atoms with E-state index in [4.69, 9.17) is 4.42 Å². The van der Waals surface area contributed by atoms with Crippen LogP contribution in [0, 0.1) is 13.8 Å². The number of hydrogen-bond acceptors (Lipinski definition) is 5. The lowest BCUT2D eigenvalue weighted by molar-refractivity contribution is 0.0956. The lowest BCUT2D eigenvalue weighted by Gasteiger charge is -2.05. The fourth-order valence-electron chi connectivity index (χ4n) is 2.07. The van der Waals surface area contributed by atoms with Gasteiger partial charge >= 0.3 is 0 Å². The number of nitrogens with one attached hydrogen (secondary N) is 1. The second-order valence-electron chi connectivity index (χ2n) is 4.90. The molecule has 0 saturated heterocycles. The summed E-state index contributed by atoms with van der Waals surface area (Å²) in [6.07, 6.45) is 1.66. The monoisotopic (exact) mass is 316 g/mol. The van der Waals surface area contributed by atoms with Gasteiger partial charge in [-0.1, -0.05) is 0 Å². The molecule has 1 amide bonds. The third-order valence-electron chi connectivity index (χ3n) is 3.26. The zero-order valence-electron chi connectivity index (χ0n) is 12.4. The van der Waals surface area contributed by atoms with Gasteiger partial charge in [0.2, 0.25) is 0 Å². The van der Waals surface area contributed by atoms with Gasteiger partial charge in [0.05, 0.1) is 9.75 Å². The Morgan fingerprint density at radius 1 is 1.32 bits per heavy atom. The predicted molar refractivity (Wildman–Crippen MR) is 83.9 cm³/mol. The van der Waals surface area contributed by atoms with Gasteiger partial charge in [-0.05, 0) is 38.1 Å². The lowest BCUT2D eigenvalue weighted by Crippen LogP contribution is -2.26. The van der Waals surface area contributed by atoms with E-state index < -0.39 is 0 Å². The first-order valence-corrected chi connectivity index (χ1v) is 7.74. The molecule has 0 aromatic carbocycles. The van der Waals surface area contributed by atoms with Gasteiger partial charge in [-0.15, -0.1) is 21.5 Å². The van der Waals surface area contributed by atoms with Gasteiger partial charge in [-0.2, -0.15) is 0 Å². The second kappa shape index (κ2) is 6.15. The van der Waals surface area contributed by atoms with Crippen LogP contribution in [0.1, 0.15) is 21.3 Å². The highest BCUT2D eigenvalue weighted by molar-refractivity contribution is 7.17. The Kier molecular flexibility index (Phi) is 4.06. The molecule has 3 heterocycles. The highest BCUT2D eigenvalue weighted by atomic mass is 32.1. The molecular weight excluding hydrogens is 300 g/mol. The number of carbonyl (C=O) groups is 1. The quantitative estimate of drug-likeness (QED) is 0.785. The Hall–Kier alpha value is -2.41. The van der Waals surface area contributed by atoms with Crippen molar-refractivity contribution in [3.63, 3.8) is 0 Å². The van der Waals surface area contributed by atoms with E-state index >= 15 is 0 Å². The minimum Gasteiger partial charge on any atom is -0.461 e. The van der Waals surface area contributed by atoms with E-state index in [0.29, 0.717) is 18.0 Å². The van der Waals surface area contributed by atoms with Crippen LogP contribution in [0.2, 0.25) is 0 Å². The number of hydrogen-bond donors (Lipinski definition) is 1. The van der Waals surface area contributed by atoms with Crippen molar-refractivity contribution in [1.29, 1.82) is 0 Å². The van der Waals surface area contributed by atoms with Crippen LogP contribution < -0.4 is 5.32 Å². The molecule has 0 bridgehead atoms. The minimum absolute atomic E-state index is 0.0785. The predicted octanol–water partition coefficient (Wildman–Crippen LogP) is 2.65. The number of aryl methyl sites for hydroxylation is 2. The van der Waals surface area contributed by atoms with Crippen LogP contribution in [0.15, 0.2) is 35.0 Å². The van der Waals surface area contributed by atoms with Crippen LogP contribution in [-0.4, -0.2) is 27.2 Å². The number of carbonyl (C=O) groups excluding carboxylic acids is 1. The van der Waals surface area contributed by atoms with E-state index in [-0.39, 0.29) is 5.91 Å². The zero-order valence-corrected chi connectivity index (χ0v) is 13.2. The molecule has 0 radical (unpaired) electrons. The van der Waals surface area contributed by atoms with Crippen molar-refractivity contribution in [2.75, 3.05) is 6.54 Å². The molecule has 114 valence electrons. The zero-order chi connectivity index (χ0) is 15.5. The first-order chi connectivity index (χ1) is 10.6. The van der Waals surface area contributed by atoms with Crippen molar-refractivity contribution in [2.24, 2.45) is 0 Å². The number of amides is 1. The highest BCUT2D eigenvalue weighted by Crippen LogP contribution is 2.29. The molecule has 0 saturated carbocycles. The van der Waals surface area contributed by atoms with Gasteiger partial charge < -0.3 is 14.3 Å². The summed E-state index contributed by atoms with van der Waals surface area (Å²) in [7, 11) is 0. The smallest absolute Gasteiger partial charge is 0.261 e. The summed E-state index contributed by atoms with van der Waals surface area (Å²) in [6.45, 7) is 4.97. The maximum Gasteiger partial charge on any atom is 0.261 e. The van der Waals surface area contributed by atoms with Crippen molar-refractivity contribution < 1.29 is 9.21 Å². The van der Waals surface area contributed by atoms with Crippen LogP contribution >= 0.6 is 11.3 Å². The van der Waals surface area contributed by atoms with E-state index in [1.54, 1.807) is 6.33 Å². The summed E-state index contributed by atoms with van der Waals surface area (Å²) >= 11 is 1.42. The van der Waals surface area contributed by atoms with Gasteiger partial charge in [0.15, 0.2) is 0 Å². The van der Waals surface area contributed by atoms with E-state index in [0.717, 1.165) is 22.2 Å². The first-order valence-electron chi connectivity index (χ1n) is 6.93. The van der Waals surface area contributed by atoms with Gasteiger partial charge in [0.25, 0.3) is 5.91 Å². The molecular formula is C15H16N4O2S. The Bertz CT molecular complexity index is 787. The highest BCUT2D eigenvalue weighted by Gasteiger charge is 2.12. The van der Waals surface area contributed by atoms with Gasteiger partial charge in [0, 0.05) is 13.1 Å². The Morgan fingerprint density at radius 2 is 2.18 bits per heavy atom. The topological polar surface area (TPSA) is 73.0 Å². The van der Waals surface area contributed by atoms with Crippen molar-refractivity contribution >= 4 is 17.2 Å². The van der Waals surface area contributed by atoms with Gasteiger partial charge in [-0.25, -0.2) is 0 Å². The van der Waals surface area contributed by atoms with Crippen LogP contribution in [-0.2, 0) is 6.54 Å². The fraction of sp³-hybridized carbons (Fsp3) is 0.267. The molecule has 3 rings (SSSR count). The SMILES string of the molecule is Cc1ccc(-c2ccc(C(=O)NCCn3cnnc3C)s2)o1. The molecule has 0 unspecified atom stereocenters. The Balaban J connectivity index is 1.59. The Labute approximate surface area is 131 Å². The summed E-state index contributed by atoms with van der Waals surface area (Å²) in [5.41, 5.74) is 0. The maximum absolute atomic E-state index is 12.1. The van der Waals surface area contributed by atoms with E-state index in [2.05, 4.69) is 15.5 Å². The molecule has 0 aliphatic rings. The van der Waals surface area contributed by atoms with Crippen LogP contribution in [0.5, 0.6) is 0 Å². The van der Waals surface area contributed by atoms with E-state index in [9.17, 15) is 4.79 Å². The van der Waals surface area contributed by atoms with Crippen LogP contribution in [0.3, 0.4) is 0 Å². The summed E-state index contributed by atoms with van der Waals surface area (Å²) in [4.78, 5) is 13.8. The average molecular weight is 316 g/mol. The first kappa shape index (κ1) is 14.5. The van der Waals surface area contributed by atoms with E-state index in [1.807, 2.05) is 42.7 Å². The number of nitrogens with zero attached hydrogens (tertiary/aromatic N) is 3. The second-order valence-corrected chi connectivity index (χ2v) is 5.99. The molecule has 0 fully saturated rings. The normalized spacial score (nSPS) is 10.8. The molecule has 0 spiro atoms. The molecule has 7 heteroatoms. The third kappa shape index (κ3) is 3.09. The van der Waals surface area contributed by atoms with Crippen molar-refractivity contribution in [2.45, 2.75) is 20.4 Å². The molecule has 0 aliphatic carbocycles. The van der Waals surface area contributed by atoms with Gasteiger partial charge in [0.1, 0.15) is 23.7 Å². The third-order valence-corrected chi connectivity index (χ3v) is 4.36. The standard InChI is InChI=1S/C15H16N4O2S/c1-10-3-4-12(21-10)13-5-6-14(22-13)15(20)16-7-8-19-9-17-18-11(19)2/h3-6,9H,7-8H2,1-2H3,(H,16,20). The maximum atomic E-state index is 12.1. The largest absolute Gasteiger partial charge is 0.461 e. The van der Waals surface area contributed by atoms with E-state index in [1.165, 1.54) is 11.3 Å². The molecule has 6 nitrogen and oxygen atoms in total. The number of thiophene rings is 1. The summed E-state index contributed by atoms with van der Waals surface area (Å²) in [6, 6.07) is 7.55. The number of rotatable bonds is 5. The van der Waals surface area contributed by atoms with Crippen molar-refractivity contribution in [1.82, 2.24) is 20.1 Å². The lowest BCUT2D eigenvalue weighted by atomic mass is 10.3. The summed E-state index contributed by atoms with van der Waals surface area (Å²) < 4.78 is 7.46. The fourth-order valence-corrected chi connectivity index (χ4v) is 2.95. The summed E-state index contributed by atoms with van der Waals surface area (Å²) in [5, 5.41) is 10.6. The molecule has 3 aromatic rings. The number of aromatic nitrogens is 3. The molecule has 1 N–H and O–H groups in total.